The summed E-state index contributed by atoms with van der Waals surface area (Å²) in [5, 5.41) is 33.8. The zero-order valence-corrected chi connectivity index (χ0v) is 45.7. The molecule has 0 aromatic rings. The molecule has 5 heterocycles. The van der Waals surface area contributed by atoms with Crippen molar-refractivity contribution in [1.82, 2.24) is 19.6 Å². The van der Waals surface area contributed by atoms with E-state index in [2.05, 4.69) is 9.80 Å². The molecule has 2 amide bonds. The molecule has 2 bridgehead atoms. The van der Waals surface area contributed by atoms with Crippen LogP contribution in [0.25, 0.3) is 0 Å². The number of likely N-dealkylation sites (tertiary alicyclic amines) is 1. The number of carbonyl (C=O) groups is 5. The van der Waals surface area contributed by atoms with Crippen molar-refractivity contribution in [3.63, 3.8) is 0 Å². The zero-order chi connectivity index (χ0) is 53.7. The van der Waals surface area contributed by atoms with Gasteiger partial charge in [-0.05, 0) is 121 Å². The summed E-state index contributed by atoms with van der Waals surface area (Å²) in [7, 11) is 4.65. The summed E-state index contributed by atoms with van der Waals surface area (Å²) in [6.07, 6.45) is 8.18. The molecule has 0 unspecified atom stereocenters. The van der Waals surface area contributed by atoms with Gasteiger partial charge < -0.3 is 58.4 Å². The van der Waals surface area contributed by atoms with Crippen LogP contribution in [0.15, 0.2) is 35.5 Å². The summed E-state index contributed by atoms with van der Waals surface area (Å²) in [5.74, 6) is -8.24. The van der Waals surface area contributed by atoms with Gasteiger partial charge in [-0.15, -0.1) is 0 Å². The van der Waals surface area contributed by atoms with Crippen LogP contribution in [0.2, 0.25) is 0 Å². The predicted molar refractivity (Wildman–Crippen MR) is 283 cm³/mol. The van der Waals surface area contributed by atoms with Crippen LogP contribution in [0.4, 0.5) is 4.79 Å². The van der Waals surface area contributed by atoms with Gasteiger partial charge in [0.25, 0.3) is 11.7 Å². The van der Waals surface area contributed by atoms with E-state index in [9.17, 15) is 39.3 Å². The maximum atomic E-state index is 14.7. The highest BCUT2D eigenvalue weighted by Gasteiger charge is 2.57. The normalized spacial score (nSPS) is 36.8. The number of hydrogen-bond acceptors (Lipinski definition) is 16. The molecule has 0 radical (unpaired) electrons. The van der Waals surface area contributed by atoms with Crippen LogP contribution >= 0.6 is 0 Å². The van der Waals surface area contributed by atoms with Crippen LogP contribution in [0.1, 0.15) is 126 Å². The molecule has 75 heavy (non-hydrogen) atoms. The second kappa shape index (κ2) is 29.4. The van der Waals surface area contributed by atoms with Crippen molar-refractivity contribution in [1.29, 1.82) is 0 Å². The monoisotopic (exact) mass is 1060 g/mol. The minimum absolute atomic E-state index is 0. The van der Waals surface area contributed by atoms with Crippen LogP contribution in [-0.4, -0.2) is 206 Å². The van der Waals surface area contributed by atoms with Gasteiger partial charge in [0.15, 0.2) is 0 Å². The molecule has 18 heteroatoms. The van der Waals surface area contributed by atoms with E-state index in [1.165, 1.54) is 32.0 Å². The van der Waals surface area contributed by atoms with Crippen LogP contribution < -0.4 is 0 Å². The van der Waals surface area contributed by atoms with E-state index in [1.54, 1.807) is 38.0 Å². The molecule has 0 aromatic carbocycles. The number of nitrogens with zero attached hydrogens (tertiary/aromatic N) is 4. The smallest absolute Gasteiger partial charge is 0.410 e. The van der Waals surface area contributed by atoms with Crippen LogP contribution in [0.5, 0.6) is 0 Å². The molecule has 426 valence electrons. The lowest BCUT2D eigenvalue weighted by molar-refractivity contribution is -0.302. The lowest BCUT2D eigenvalue weighted by Gasteiger charge is -2.47. The number of methoxy groups -OCH3 is 3. The molecule has 3 N–H and O–H groups in total. The molecule has 1 saturated carbocycles. The Morgan fingerprint density at radius 3 is 2.09 bits per heavy atom. The molecule has 0 aromatic heterocycles. The number of aliphatic hydroxyl groups excluding tert-OH is 2. The van der Waals surface area contributed by atoms with Gasteiger partial charge in [-0.1, -0.05) is 58.1 Å². The summed E-state index contributed by atoms with van der Waals surface area (Å²) in [4.78, 5) is 79.2. The quantitative estimate of drug-likeness (QED) is 0.125. The summed E-state index contributed by atoms with van der Waals surface area (Å²) in [5.41, 5.74) is 1.54. The largest absolute Gasteiger partial charge is 0.456 e. The number of ketones is 2. The Hall–Kier alpha value is -3.59. The second-order valence-corrected chi connectivity index (χ2v) is 22.4. The Kier molecular flexibility index (Phi) is 24.4. The lowest BCUT2D eigenvalue weighted by atomic mass is 9.81. The summed E-state index contributed by atoms with van der Waals surface area (Å²) in [6, 6.07) is -1.19. The maximum absolute atomic E-state index is 14.7. The third kappa shape index (κ3) is 16.2. The second-order valence-electron chi connectivity index (χ2n) is 22.4. The molecule has 5 aliphatic heterocycles. The van der Waals surface area contributed by atoms with Crippen molar-refractivity contribution in [2.75, 3.05) is 86.8 Å². The predicted octanol–water partition coefficient (Wildman–Crippen LogP) is 5.50. The average molecular weight is 1060 g/mol. The number of amides is 2. The Morgan fingerprint density at radius 2 is 1.44 bits per heavy atom. The number of carbonyl (C=O) groups excluding carboxylic acids is 5. The molecular formula is C57H94N4O14. The first-order valence-corrected chi connectivity index (χ1v) is 27.7. The number of piperidine rings is 1. The van der Waals surface area contributed by atoms with E-state index >= 15 is 0 Å². The average Bonchev–Trinajstić information content (AvgIpc) is 3.92. The minimum Gasteiger partial charge on any atom is -0.456 e. The number of fused-ring (bicyclic) bond motifs is 3. The number of rotatable bonds is 12. The third-order valence-corrected chi connectivity index (χ3v) is 16.9. The highest BCUT2D eigenvalue weighted by molar-refractivity contribution is 6.39. The summed E-state index contributed by atoms with van der Waals surface area (Å²) < 4.78 is 36.6. The summed E-state index contributed by atoms with van der Waals surface area (Å²) >= 11 is 0. The van der Waals surface area contributed by atoms with Gasteiger partial charge in [0, 0.05) is 91.3 Å². The van der Waals surface area contributed by atoms with Crippen molar-refractivity contribution in [2.45, 2.75) is 180 Å². The van der Waals surface area contributed by atoms with Crippen molar-refractivity contribution in [3.8, 4) is 0 Å². The van der Waals surface area contributed by atoms with Crippen molar-refractivity contribution < 1.29 is 67.7 Å². The number of piperazine rings is 1. The van der Waals surface area contributed by atoms with Crippen molar-refractivity contribution in [2.24, 2.45) is 29.6 Å². The molecule has 4 saturated heterocycles. The van der Waals surface area contributed by atoms with E-state index in [4.69, 9.17) is 28.4 Å². The van der Waals surface area contributed by atoms with Crippen LogP contribution in [0.3, 0.4) is 0 Å². The van der Waals surface area contributed by atoms with E-state index < -0.39 is 90.0 Å². The van der Waals surface area contributed by atoms with Gasteiger partial charge in [-0.25, -0.2) is 9.59 Å². The minimum atomic E-state index is -2.55. The van der Waals surface area contributed by atoms with Gasteiger partial charge in [0.2, 0.25) is 5.79 Å². The van der Waals surface area contributed by atoms with Crippen molar-refractivity contribution >= 4 is 29.5 Å². The number of aliphatic hydroxyl groups is 3. The number of Topliss-reactive ketones (excluding diaryl/α,β-unsaturated/α-hetero) is 2. The highest BCUT2D eigenvalue weighted by Crippen LogP contribution is 2.40. The fourth-order valence-electron chi connectivity index (χ4n) is 12.3. The Morgan fingerprint density at radius 1 is 0.800 bits per heavy atom. The molecular weight excluding hydrogens is 965 g/mol. The molecule has 14 atom stereocenters. The SMILES string of the molecule is C.CO[C@H]1C[C@@H](C)C/C(C)=C/[C@@H](C/C=C/CO)C(=O)C[C@H](O)[C@@H](C)[C@@H](/C(C)=C/[C@@H]2CC[C@@H](OC(=O)N3CCN(CCN4CCCC4)CC3)[C@H](OC)C2)OC(=O)[C@@H]2CCCCN2C(=O)C(=O)[C@]2(O)O[C@H]1[C@@H](OC)C[C@H]2C. The first kappa shape index (κ1) is 62.3. The Labute approximate surface area is 447 Å². The first-order valence-electron chi connectivity index (χ1n) is 27.7. The van der Waals surface area contributed by atoms with Gasteiger partial charge in [-0.3, -0.25) is 19.3 Å². The van der Waals surface area contributed by atoms with Gasteiger partial charge >= 0.3 is 12.1 Å². The number of ether oxygens (including phenoxy) is 6. The Bertz CT molecular complexity index is 1970. The zero-order valence-electron chi connectivity index (χ0n) is 45.7. The fourth-order valence-corrected chi connectivity index (χ4v) is 12.3. The van der Waals surface area contributed by atoms with E-state index in [-0.39, 0.29) is 63.6 Å². The van der Waals surface area contributed by atoms with E-state index in [0.29, 0.717) is 70.0 Å². The van der Waals surface area contributed by atoms with E-state index in [0.717, 1.165) is 44.8 Å². The molecule has 0 spiro atoms. The van der Waals surface area contributed by atoms with Gasteiger partial charge in [-0.2, -0.15) is 0 Å². The van der Waals surface area contributed by atoms with Crippen LogP contribution in [0, 0.1) is 29.6 Å². The Balaban J connectivity index is 0.0000104. The lowest BCUT2D eigenvalue weighted by Crippen LogP contribution is -2.64. The fraction of sp³-hybridized carbons (Fsp3) is 0.807. The molecule has 5 fully saturated rings. The van der Waals surface area contributed by atoms with Gasteiger partial charge in [0.1, 0.15) is 30.1 Å². The summed E-state index contributed by atoms with van der Waals surface area (Å²) in [6.45, 7) is 16.2. The topological polar surface area (TPSA) is 214 Å². The standard InChI is InChI=1S/C56H90N4O14.CH4/c1-36-29-37(2)31-48(70-7)51-49(71-8)33-39(4)56(68,74-51)52(64)53(65)60-21-11-9-16-43(60)54(66)73-50(40(5)44(62)35-45(63)42(30-36)15-10-14-28-61)38(3)32-41-17-18-46(47(34-41)69-6)72-55(67)59-26-24-58(25-27-59)23-22-57-19-12-13-20-57;/h10,14,30,32,37,39-44,46-51,61-62,68H,9,11-13,15-29,31,33-35H2,1-8H3;1H4/b14-10+,36-30+,38-32+;/t37-,39+,40+,41-,42+,43-,44-,46+,47+,48-,49-,50+,51+,56+;/m0./s1. The third-order valence-electron chi connectivity index (χ3n) is 16.9. The molecule has 18 nitrogen and oxygen atoms in total. The number of esters is 1. The highest BCUT2D eigenvalue weighted by atomic mass is 16.7. The van der Waals surface area contributed by atoms with Crippen molar-refractivity contribution in [3.05, 3.63) is 35.5 Å². The first-order chi connectivity index (χ1) is 35.4. The van der Waals surface area contributed by atoms with E-state index in [1.807, 2.05) is 32.9 Å². The van der Waals surface area contributed by atoms with Gasteiger partial charge in [0.05, 0.1) is 31.0 Å². The molecule has 6 aliphatic rings. The number of cyclic esters (lactones) is 1. The maximum Gasteiger partial charge on any atom is 0.410 e. The number of allylic oxidation sites excluding steroid dienone is 4. The molecule has 6 rings (SSSR count). The molecule has 1 aliphatic carbocycles. The number of hydrogen-bond donors (Lipinski definition) is 3. The van der Waals surface area contributed by atoms with Crippen LogP contribution in [-0.2, 0) is 47.6 Å².